The summed E-state index contributed by atoms with van der Waals surface area (Å²) in [4.78, 5) is 12.9. The van der Waals surface area contributed by atoms with Crippen molar-refractivity contribution in [3.05, 3.63) is 45.6 Å². The number of carbonyl (C=O) groups excluding carboxylic acids is 1. The van der Waals surface area contributed by atoms with Gasteiger partial charge in [-0.2, -0.15) is 0 Å². The topological polar surface area (TPSA) is 59.6 Å². The number of nitrogens with zero attached hydrogens (tertiary/aromatic N) is 1. The second-order valence-electron chi connectivity index (χ2n) is 4.89. The van der Waals surface area contributed by atoms with Gasteiger partial charge >= 0.3 is 0 Å². The van der Waals surface area contributed by atoms with Crippen LogP contribution in [0.1, 0.15) is 11.3 Å². The van der Waals surface area contributed by atoms with Crippen LogP contribution in [0.4, 0.5) is 5.82 Å². The largest absolute Gasteiger partial charge is 0.360 e. The zero-order valence-corrected chi connectivity index (χ0v) is 13.3. The van der Waals surface area contributed by atoms with Crippen molar-refractivity contribution in [3.63, 3.8) is 0 Å². The van der Waals surface area contributed by atoms with Gasteiger partial charge in [-0.1, -0.05) is 40.5 Å². The number of hydrogen-bond acceptors (Lipinski definition) is 3. The van der Waals surface area contributed by atoms with E-state index >= 15 is 0 Å². The number of hydrogen-bond donors (Lipinski definition) is 2. The van der Waals surface area contributed by atoms with E-state index in [0.29, 0.717) is 28.2 Å². The summed E-state index contributed by atoms with van der Waals surface area (Å²) in [5.41, 5.74) is 0.909. The number of aryl methyl sites for hydroxylation is 1. The summed E-state index contributed by atoms with van der Waals surface area (Å²) in [7, 11) is 1.91. The van der Waals surface area contributed by atoms with Crippen LogP contribution in [0.25, 0.3) is 0 Å². The van der Waals surface area contributed by atoms with E-state index in [1.807, 2.05) is 19.2 Å². The lowest BCUT2D eigenvalue weighted by Gasteiger charge is -2.14. The van der Waals surface area contributed by atoms with Crippen molar-refractivity contribution in [2.24, 2.45) is 0 Å². The summed E-state index contributed by atoms with van der Waals surface area (Å²) in [6, 6.07) is 7.15. The molecule has 0 aliphatic heterocycles. The molecule has 2 N–H and O–H groups in total. The van der Waals surface area contributed by atoms with Crippen molar-refractivity contribution in [1.82, 2.24) is 5.16 Å². The maximum Gasteiger partial charge on any atom is 0.280 e. The number of anilines is 1. The molecule has 0 saturated heterocycles. The van der Waals surface area contributed by atoms with Gasteiger partial charge in [0.1, 0.15) is 12.3 Å². The molecule has 0 radical (unpaired) electrons. The fourth-order valence-corrected chi connectivity index (χ4v) is 2.35. The van der Waals surface area contributed by atoms with E-state index in [1.54, 1.807) is 19.1 Å². The van der Waals surface area contributed by atoms with E-state index in [9.17, 15) is 4.79 Å². The summed E-state index contributed by atoms with van der Waals surface area (Å²) < 4.78 is 4.89. The Hall–Kier alpha value is -1.56. The molecule has 1 heterocycles. The monoisotopic (exact) mass is 328 g/mol. The Bertz CT molecular complexity index is 643. The molecule has 0 aliphatic rings. The molecule has 7 heteroatoms. The van der Waals surface area contributed by atoms with Gasteiger partial charge in [-0.05, 0) is 13.0 Å². The van der Waals surface area contributed by atoms with Gasteiger partial charge < -0.3 is 14.7 Å². The number of nitrogens with one attached hydrogen (secondary N) is 2. The molecule has 2 aromatic rings. The van der Waals surface area contributed by atoms with Gasteiger partial charge in [0.15, 0.2) is 12.4 Å². The predicted octanol–water partition coefficient (Wildman–Crippen LogP) is 1.94. The van der Waals surface area contributed by atoms with Crippen LogP contribution in [0, 0.1) is 6.92 Å². The van der Waals surface area contributed by atoms with E-state index < -0.39 is 0 Å². The first-order valence-electron chi connectivity index (χ1n) is 6.43. The number of halogens is 2. The van der Waals surface area contributed by atoms with Crippen LogP contribution < -0.4 is 10.2 Å². The molecule has 21 heavy (non-hydrogen) atoms. The minimum atomic E-state index is -0.140. The molecule has 5 nitrogen and oxygen atoms in total. The standard InChI is InChI=1S/C14H15Cl2N3O2/c1-9-6-12(18-21-9)17-13(20)8-19(2)7-10-4-3-5-11(15)14(10)16/h3-6H,7-8H2,1-2H3,(H,17,18,20)/p+1. The Balaban J connectivity index is 1.90. The summed E-state index contributed by atoms with van der Waals surface area (Å²) in [5, 5.41) is 7.45. The second kappa shape index (κ2) is 6.93. The number of amides is 1. The van der Waals surface area contributed by atoms with Crippen molar-refractivity contribution in [1.29, 1.82) is 0 Å². The van der Waals surface area contributed by atoms with Gasteiger partial charge in [0.25, 0.3) is 5.91 Å². The SMILES string of the molecule is Cc1cc(NC(=O)C[NH+](C)Cc2cccc(Cl)c2Cl)no1. The van der Waals surface area contributed by atoms with E-state index in [0.717, 1.165) is 10.5 Å². The van der Waals surface area contributed by atoms with Crippen LogP contribution in [0.5, 0.6) is 0 Å². The summed E-state index contributed by atoms with van der Waals surface area (Å²) >= 11 is 12.1. The number of rotatable bonds is 5. The third kappa shape index (κ3) is 4.46. The summed E-state index contributed by atoms with van der Waals surface area (Å²) in [6.45, 7) is 2.65. The Kier molecular flexibility index (Phi) is 5.22. The average molecular weight is 329 g/mol. The van der Waals surface area contributed by atoms with Gasteiger partial charge in [0.05, 0.1) is 17.1 Å². The quantitative estimate of drug-likeness (QED) is 0.881. The van der Waals surface area contributed by atoms with Crippen LogP contribution in [0.2, 0.25) is 10.0 Å². The lowest BCUT2D eigenvalue weighted by molar-refractivity contribution is -0.885. The van der Waals surface area contributed by atoms with Gasteiger partial charge in [-0.3, -0.25) is 4.79 Å². The zero-order valence-electron chi connectivity index (χ0n) is 11.7. The van der Waals surface area contributed by atoms with Crippen molar-refractivity contribution in [3.8, 4) is 0 Å². The first-order valence-corrected chi connectivity index (χ1v) is 7.18. The highest BCUT2D eigenvalue weighted by molar-refractivity contribution is 6.42. The maximum atomic E-state index is 11.9. The highest BCUT2D eigenvalue weighted by atomic mass is 35.5. The van der Waals surface area contributed by atoms with Gasteiger partial charge in [0, 0.05) is 11.6 Å². The number of likely N-dealkylation sites (N-methyl/N-ethyl adjacent to an activating group) is 1. The average Bonchev–Trinajstić information content (AvgIpc) is 2.80. The third-order valence-corrected chi connectivity index (χ3v) is 3.74. The lowest BCUT2D eigenvalue weighted by Crippen LogP contribution is -3.08. The van der Waals surface area contributed by atoms with E-state index in [1.165, 1.54) is 0 Å². The molecule has 0 bridgehead atoms. The lowest BCUT2D eigenvalue weighted by atomic mass is 10.2. The van der Waals surface area contributed by atoms with Crippen molar-refractivity contribution in [2.75, 3.05) is 18.9 Å². The molecule has 0 spiro atoms. The maximum absolute atomic E-state index is 11.9. The summed E-state index contributed by atoms with van der Waals surface area (Å²) in [5.74, 6) is 0.932. The normalized spacial score (nSPS) is 12.2. The molecular weight excluding hydrogens is 313 g/mol. The minimum absolute atomic E-state index is 0.140. The molecule has 1 unspecified atom stereocenters. The highest BCUT2D eigenvalue weighted by Gasteiger charge is 2.14. The molecule has 0 aliphatic carbocycles. The van der Waals surface area contributed by atoms with Crippen molar-refractivity contribution < 1.29 is 14.2 Å². The van der Waals surface area contributed by atoms with Crippen LogP contribution in [-0.4, -0.2) is 24.7 Å². The first kappa shape index (κ1) is 15.8. The molecule has 112 valence electrons. The van der Waals surface area contributed by atoms with Gasteiger partial charge in [-0.15, -0.1) is 0 Å². The van der Waals surface area contributed by atoms with Crippen molar-refractivity contribution >= 4 is 34.9 Å². The second-order valence-corrected chi connectivity index (χ2v) is 5.68. The number of carbonyl (C=O) groups is 1. The third-order valence-electron chi connectivity index (χ3n) is 2.88. The summed E-state index contributed by atoms with van der Waals surface area (Å²) in [6.07, 6.45) is 0. The fourth-order valence-electron chi connectivity index (χ4n) is 1.96. The molecule has 1 aromatic carbocycles. The Morgan fingerprint density at radius 2 is 2.19 bits per heavy atom. The Morgan fingerprint density at radius 1 is 1.43 bits per heavy atom. The van der Waals surface area contributed by atoms with Crippen LogP contribution in [0.3, 0.4) is 0 Å². The molecule has 1 aromatic heterocycles. The molecule has 0 saturated carbocycles. The number of aromatic nitrogens is 1. The van der Waals surface area contributed by atoms with Crippen LogP contribution >= 0.6 is 23.2 Å². The van der Waals surface area contributed by atoms with Gasteiger partial charge in [-0.25, -0.2) is 0 Å². The Labute approximate surface area is 132 Å². The molecule has 0 fully saturated rings. The van der Waals surface area contributed by atoms with E-state index in [2.05, 4.69) is 10.5 Å². The molecular formula is C14H16Cl2N3O2+. The van der Waals surface area contributed by atoms with Crippen molar-refractivity contribution in [2.45, 2.75) is 13.5 Å². The van der Waals surface area contributed by atoms with Crippen LogP contribution in [-0.2, 0) is 11.3 Å². The molecule has 1 atom stereocenters. The smallest absolute Gasteiger partial charge is 0.280 e. The Morgan fingerprint density at radius 3 is 2.86 bits per heavy atom. The van der Waals surface area contributed by atoms with Gasteiger partial charge in [0.2, 0.25) is 0 Å². The first-order chi connectivity index (χ1) is 9.95. The fraction of sp³-hybridized carbons (Fsp3) is 0.286. The number of quaternary nitrogens is 1. The minimum Gasteiger partial charge on any atom is -0.360 e. The zero-order chi connectivity index (χ0) is 15.4. The molecule has 1 amide bonds. The van der Waals surface area contributed by atoms with Crippen LogP contribution in [0.15, 0.2) is 28.8 Å². The number of benzene rings is 1. The predicted molar refractivity (Wildman–Crippen MR) is 81.8 cm³/mol. The van der Waals surface area contributed by atoms with E-state index in [-0.39, 0.29) is 12.5 Å². The van der Waals surface area contributed by atoms with E-state index in [4.69, 9.17) is 27.7 Å². The molecule has 2 rings (SSSR count). The highest BCUT2D eigenvalue weighted by Crippen LogP contribution is 2.24.